The second-order valence-corrected chi connectivity index (χ2v) is 4.52. The van der Waals surface area contributed by atoms with Crippen molar-refractivity contribution in [1.29, 1.82) is 0 Å². The first kappa shape index (κ1) is 14.8. The fraction of sp³-hybridized carbons (Fsp3) is 0.286. The van der Waals surface area contributed by atoms with Gasteiger partial charge in [-0.2, -0.15) is 5.10 Å². The molecule has 0 unspecified atom stereocenters. The molecule has 3 N–H and O–H groups in total. The van der Waals surface area contributed by atoms with Crippen LogP contribution in [0.5, 0.6) is 0 Å². The molecule has 0 aliphatic rings. The maximum atomic E-state index is 13.9. The van der Waals surface area contributed by atoms with Crippen LogP contribution in [0, 0.1) is 5.82 Å². The molecule has 2 rings (SSSR count). The highest BCUT2D eigenvalue weighted by molar-refractivity contribution is 5.96. The van der Waals surface area contributed by atoms with Gasteiger partial charge in [-0.3, -0.25) is 4.68 Å². The van der Waals surface area contributed by atoms with Crippen molar-refractivity contribution in [3.63, 3.8) is 0 Å². The van der Waals surface area contributed by atoms with E-state index in [9.17, 15) is 9.18 Å². The predicted octanol–water partition coefficient (Wildman–Crippen LogP) is 1.93. The normalized spacial score (nSPS) is 10.4. The highest BCUT2D eigenvalue weighted by atomic mass is 19.1. The van der Waals surface area contributed by atoms with Crippen molar-refractivity contribution in [3.05, 3.63) is 41.5 Å². The van der Waals surface area contributed by atoms with Crippen LogP contribution in [0.15, 0.2) is 24.5 Å². The molecule has 21 heavy (non-hydrogen) atoms. The van der Waals surface area contributed by atoms with Gasteiger partial charge in [0, 0.05) is 31.0 Å². The fourth-order valence-electron chi connectivity index (χ4n) is 1.87. The Hall–Kier alpha value is -2.57. The standard InChI is InChI=1S/C14H17FN4O2/c1-3-21-14(20)10-4-13(11(15)5-12(10)16)17-6-9-7-18-19(2)8-9/h4-5,7-8,17H,3,6,16H2,1-2H3. The maximum absolute atomic E-state index is 13.9. The van der Waals surface area contributed by atoms with E-state index in [0.717, 1.165) is 11.6 Å². The van der Waals surface area contributed by atoms with Crippen molar-refractivity contribution in [1.82, 2.24) is 9.78 Å². The molecule has 6 nitrogen and oxygen atoms in total. The van der Waals surface area contributed by atoms with Gasteiger partial charge in [-0.25, -0.2) is 9.18 Å². The molecule has 0 fully saturated rings. The minimum atomic E-state index is -0.570. The lowest BCUT2D eigenvalue weighted by atomic mass is 10.1. The molecule has 1 aromatic heterocycles. The van der Waals surface area contributed by atoms with Crippen LogP contribution in [-0.2, 0) is 18.3 Å². The van der Waals surface area contributed by atoms with Crippen molar-refractivity contribution in [3.8, 4) is 0 Å². The zero-order chi connectivity index (χ0) is 15.4. The average Bonchev–Trinajstić information content (AvgIpc) is 2.83. The number of carbonyl (C=O) groups excluding carboxylic acids is 1. The minimum absolute atomic E-state index is 0.0536. The topological polar surface area (TPSA) is 82.2 Å². The van der Waals surface area contributed by atoms with Crippen LogP contribution in [0.2, 0.25) is 0 Å². The summed E-state index contributed by atoms with van der Waals surface area (Å²) in [4.78, 5) is 11.7. The maximum Gasteiger partial charge on any atom is 0.340 e. The van der Waals surface area contributed by atoms with Gasteiger partial charge in [0.15, 0.2) is 0 Å². The second-order valence-electron chi connectivity index (χ2n) is 4.52. The largest absolute Gasteiger partial charge is 0.462 e. The number of anilines is 2. The van der Waals surface area contributed by atoms with Crippen molar-refractivity contribution >= 4 is 17.3 Å². The van der Waals surface area contributed by atoms with Gasteiger partial charge in [0.05, 0.1) is 24.1 Å². The molecule has 1 heterocycles. The van der Waals surface area contributed by atoms with Gasteiger partial charge >= 0.3 is 5.97 Å². The number of benzene rings is 1. The Balaban J connectivity index is 2.18. The molecule has 0 saturated carbocycles. The Bertz CT molecular complexity index is 654. The van der Waals surface area contributed by atoms with E-state index in [1.165, 1.54) is 6.07 Å². The van der Waals surface area contributed by atoms with Gasteiger partial charge in [-0.15, -0.1) is 0 Å². The first-order valence-corrected chi connectivity index (χ1v) is 6.48. The number of hydrogen-bond acceptors (Lipinski definition) is 5. The molecule has 0 radical (unpaired) electrons. The highest BCUT2D eigenvalue weighted by Gasteiger charge is 2.15. The molecule has 2 aromatic rings. The van der Waals surface area contributed by atoms with E-state index in [2.05, 4.69) is 10.4 Å². The minimum Gasteiger partial charge on any atom is -0.462 e. The van der Waals surface area contributed by atoms with Crippen molar-refractivity contribution in [2.24, 2.45) is 7.05 Å². The highest BCUT2D eigenvalue weighted by Crippen LogP contribution is 2.23. The van der Waals surface area contributed by atoms with Crippen LogP contribution in [-0.4, -0.2) is 22.4 Å². The first-order chi connectivity index (χ1) is 10.0. The van der Waals surface area contributed by atoms with Gasteiger partial charge in [-0.1, -0.05) is 0 Å². The van der Waals surface area contributed by atoms with Crippen molar-refractivity contribution < 1.29 is 13.9 Å². The molecule has 0 amide bonds. The summed E-state index contributed by atoms with van der Waals surface area (Å²) in [5, 5.41) is 6.94. The molecular formula is C14H17FN4O2. The summed E-state index contributed by atoms with van der Waals surface area (Å²) in [5.41, 5.74) is 6.93. The predicted molar refractivity (Wildman–Crippen MR) is 77.3 cm³/mol. The lowest BCUT2D eigenvalue weighted by molar-refractivity contribution is 0.0527. The summed E-state index contributed by atoms with van der Waals surface area (Å²) in [5.74, 6) is -1.09. The number of ether oxygens (including phenoxy) is 1. The van der Waals surface area contributed by atoms with Crippen LogP contribution in [0.1, 0.15) is 22.8 Å². The molecule has 1 aromatic carbocycles. The van der Waals surface area contributed by atoms with Crippen LogP contribution in [0.3, 0.4) is 0 Å². The number of aromatic nitrogens is 2. The number of nitrogens with two attached hydrogens (primary N) is 1. The fourth-order valence-corrected chi connectivity index (χ4v) is 1.87. The smallest absolute Gasteiger partial charge is 0.340 e. The van der Waals surface area contributed by atoms with Gasteiger partial charge in [-0.05, 0) is 19.1 Å². The van der Waals surface area contributed by atoms with Gasteiger partial charge in [0.1, 0.15) is 5.82 Å². The molecule has 0 atom stereocenters. The number of aryl methyl sites for hydroxylation is 1. The number of nitrogen functional groups attached to an aromatic ring is 1. The number of halogens is 1. The molecular weight excluding hydrogens is 275 g/mol. The van der Waals surface area contributed by atoms with E-state index in [4.69, 9.17) is 10.5 Å². The van der Waals surface area contributed by atoms with Gasteiger partial charge in [0.25, 0.3) is 0 Å². The molecule has 0 bridgehead atoms. The van der Waals surface area contributed by atoms with Gasteiger partial charge in [0.2, 0.25) is 0 Å². The summed E-state index contributed by atoms with van der Waals surface area (Å²) in [7, 11) is 1.80. The Kier molecular flexibility index (Phi) is 4.42. The van der Waals surface area contributed by atoms with Gasteiger partial charge < -0.3 is 15.8 Å². The quantitative estimate of drug-likeness (QED) is 0.650. The lowest BCUT2D eigenvalue weighted by Crippen LogP contribution is -2.10. The van der Waals surface area contributed by atoms with Crippen LogP contribution in [0.4, 0.5) is 15.8 Å². The summed E-state index contributed by atoms with van der Waals surface area (Å²) >= 11 is 0. The molecule has 0 aliphatic carbocycles. The second kappa shape index (κ2) is 6.25. The first-order valence-electron chi connectivity index (χ1n) is 6.48. The van der Waals surface area contributed by atoms with Crippen LogP contribution >= 0.6 is 0 Å². The number of carbonyl (C=O) groups is 1. The average molecular weight is 292 g/mol. The Morgan fingerprint density at radius 3 is 2.90 bits per heavy atom. The summed E-state index contributed by atoms with van der Waals surface area (Å²) in [6.07, 6.45) is 3.49. The lowest BCUT2D eigenvalue weighted by Gasteiger charge is -2.11. The van der Waals surface area contributed by atoms with E-state index in [1.807, 2.05) is 6.20 Å². The molecule has 112 valence electrons. The SMILES string of the molecule is CCOC(=O)c1cc(NCc2cnn(C)c2)c(F)cc1N. The van der Waals surface area contributed by atoms with E-state index < -0.39 is 11.8 Å². The molecule has 0 saturated heterocycles. The van der Waals surface area contributed by atoms with Crippen molar-refractivity contribution in [2.45, 2.75) is 13.5 Å². The van der Waals surface area contributed by atoms with E-state index in [-0.39, 0.29) is 23.5 Å². The summed E-state index contributed by atoms with van der Waals surface area (Å²) < 4.78 is 20.4. The molecule has 7 heteroatoms. The van der Waals surface area contributed by atoms with Crippen molar-refractivity contribution in [2.75, 3.05) is 17.7 Å². The van der Waals surface area contributed by atoms with E-state index in [1.54, 1.807) is 24.9 Å². The third-order valence-corrected chi connectivity index (χ3v) is 2.88. The van der Waals surface area contributed by atoms with E-state index >= 15 is 0 Å². The molecule has 0 aliphatic heterocycles. The zero-order valence-corrected chi connectivity index (χ0v) is 11.9. The molecule has 0 spiro atoms. The Morgan fingerprint density at radius 2 is 2.29 bits per heavy atom. The third-order valence-electron chi connectivity index (χ3n) is 2.88. The number of esters is 1. The zero-order valence-electron chi connectivity index (χ0n) is 11.9. The number of hydrogen-bond donors (Lipinski definition) is 2. The number of nitrogens with zero attached hydrogens (tertiary/aromatic N) is 2. The summed E-state index contributed by atoms with van der Waals surface area (Å²) in [6.45, 7) is 2.31. The number of rotatable bonds is 5. The van der Waals surface area contributed by atoms with Crippen LogP contribution in [0.25, 0.3) is 0 Å². The van der Waals surface area contributed by atoms with E-state index in [0.29, 0.717) is 6.54 Å². The monoisotopic (exact) mass is 292 g/mol. The number of nitrogens with one attached hydrogen (secondary N) is 1. The Labute approximate surface area is 121 Å². The van der Waals surface area contributed by atoms with Crippen LogP contribution < -0.4 is 11.1 Å². The Morgan fingerprint density at radius 1 is 1.52 bits per heavy atom. The summed E-state index contributed by atoms with van der Waals surface area (Å²) in [6, 6.07) is 2.47. The third kappa shape index (κ3) is 3.50.